The molecule has 6 heteroatoms. The molecular weight excluding hydrogens is 299 g/mol. The molecule has 1 unspecified atom stereocenters. The number of aromatic nitrogens is 1. The van der Waals surface area contributed by atoms with E-state index in [2.05, 4.69) is 10.3 Å². The summed E-state index contributed by atoms with van der Waals surface area (Å²) < 4.78 is 13.3. The molecule has 0 radical (unpaired) electrons. The van der Waals surface area contributed by atoms with E-state index in [1.54, 1.807) is 0 Å². The number of aliphatic hydroxyl groups is 1. The van der Waals surface area contributed by atoms with Crippen LogP contribution in [0.25, 0.3) is 10.9 Å². The van der Waals surface area contributed by atoms with E-state index in [0.717, 1.165) is 0 Å². The SMILES string of the molecule is CC(C)(C)CC(CO)NC(=O)c1cc(=O)[nH]c2cc(F)ccc12. The summed E-state index contributed by atoms with van der Waals surface area (Å²) in [5.41, 5.74) is -0.125. The molecule has 1 heterocycles. The Balaban J connectivity index is 2.35. The highest BCUT2D eigenvalue weighted by molar-refractivity contribution is 6.06. The van der Waals surface area contributed by atoms with Crippen molar-refractivity contribution in [1.82, 2.24) is 10.3 Å². The second-order valence-electron chi connectivity index (χ2n) is 6.85. The number of fused-ring (bicyclic) bond motifs is 1. The molecule has 2 rings (SSSR count). The predicted molar refractivity (Wildman–Crippen MR) is 86.9 cm³/mol. The summed E-state index contributed by atoms with van der Waals surface area (Å²) in [6.45, 7) is 5.83. The van der Waals surface area contributed by atoms with Gasteiger partial charge in [-0.15, -0.1) is 0 Å². The van der Waals surface area contributed by atoms with Crippen LogP contribution in [-0.2, 0) is 0 Å². The second-order valence-corrected chi connectivity index (χ2v) is 6.85. The topological polar surface area (TPSA) is 82.2 Å². The van der Waals surface area contributed by atoms with Crippen molar-refractivity contribution < 1.29 is 14.3 Å². The molecule has 1 aromatic heterocycles. The van der Waals surface area contributed by atoms with Gasteiger partial charge in [0.2, 0.25) is 5.56 Å². The fourth-order valence-electron chi connectivity index (χ4n) is 2.58. The van der Waals surface area contributed by atoms with E-state index in [1.807, 2.05) is 20.8 Å². The van der Waals surface area contributed by atoms with Crippen LogP contribution in [0, 0.1) is 11.2 Å². The van der Waals surface area contributed by atoms with Crippen LogP contribution >= 0.6 is 0 Å². The number of carbonyl (C=O) groups is 1. The lowest BCUT2D eigenvalue weighted by atomic mass is 9.88. The van der Waals surface area contributed by atoms with Gasteiger partial charge in [0.1, 0.15) is 5.82 Å². The Bertz CT molecular complexity index is 777. The third-order valence-corrected chi connectivity index (χ3v) is 3.46. The van der Waals surface area contributed by atoms with Gasteiger partial charge in [-0.2, -0.15) is 0 Å². The average molecular weight is 320 g/mol. The molecule has 3 N–H and O–H groups in total. The van der Waals surface area contributed by atoms with E-state index in [-0.39, 0.29) is 23.1 Å². The van der Waals surface area contributed by atoms with E-state index in [9.17, 15) is 19.1 Å². The fourth-order valence-corrected chi connectivity index (χ4v) is 2.58. The van der Waals surface area contributed by atoms with Crippen molar-refractivity contribution >= 4 is 16.8 Å². The smallest absolute Gasteiger partial charge is 0.252 e. The van der Waals surface area contributed by atoms with Crippen LogP contribution in [0.15, 0.2) is 29.1 Å². The van der Waals surface area contributed by atoms with Crippen molar-refractivity contribution in [3.8, 4) is 0 Å². The molecule has 2 aromatic rings. The first-order chi connectivity index (χ1) is 10.7. The van der Waals surface area contributed by atoms with Crippen molar-refractivity contribution in [1.29, 1.82) is 0 Å². The number of H-pyrrole nitrogens is 1. The number of aliphatic hydroxyl groups excluding tert-OH is 1. The van der Waals surface area contributed by atoms with Crippen LogP contribution in [0.4, 0.5) is 4.39 Å². The Hall–Kier alpha value is -2.21. The molecule has 0 fully saturated rings. The molecule has 0 aliphatic carbocycles. The lowest BCUT2D eigenvalue weighted by Crippen LogP contribution is -2.40. The van der Waals surface area contributed by atoms with Gasteiger partial charge in [0, 0.05) is 11.5 Å². The van der Waals surface area contributed by atoms with Gasteiger partial charge < -0.3 is 15.4 Å². The van der Waals surface area contributed by atoms with Crippen molar-refractivity contribution in [3.63, 3.8) is 0 Å². The number of amides is 1. The second kappa shape index (κ2) is 6.50. The predicted octanol–water partition coefficient (Wildman–Crippen LogP) is 2.19. The third-order valence-electron chi connectivity index (χ3n) is 3.46. The molecule has 0 saturated heterocycles. The first kappa shape index (κ1) is 17.1. The van der Waals surface area contributed by atoms with Crippen LogP contribution in [0.3, 0.4) is 0 Å². The van der Waals surface area contributed by atoms with Crippen molar-refractivity contribution in [3.05, 3.63) is 46.0 Å². The van der Waals surface area contributed by atoms with E-state index in [1.165, 1.54) is 24.3 Å². The van der Waals surface area contributed by atoms with Gasteiger partial charge in [-0.25, -0.2) is 4.39 Å². The zero-order valence-electron chi connectivity index (χ0n) is 13.4. The summed E-state index contributed by atoms with van der Waals surface area (Å²) in [6.07, 6.45) is 0.588. The van der Waals surface area contributed by atoms with Crippen LogP contribution in [0.2, 0.25) is 0 Å². The number of hydrogen-bond acceptors (Lipinski definition) is 3. The third kappa shape index (κ3) is 4.39. The van der Waals surface area contributed by atoms with Gasteiger partial charge in [-0.1, -0.05) is 20.8 Å². The number of pyridine rings is 1. The number of halogens is 1. The lowest BCUT2D eigenvalue weighted by Gasteiger charge is -2.25. The summed E-state index contributed by atoms with van der Waals surface area (Å²) in [5, 5.41) is 12.6. The molecule has 1 aromatic carbocycles. The van der Waals surface area contributed by atoms with Crippen LogP contribution < -0.4 is 10.9 Å². The molecule has 0 spiro atoms. The molecule has 1 atom stereocenters. The summed E-state index contributed by atoms with van der Waals surface area (Å²) in [5.74, 6) is -0.956. The number of benzene rings is 1. The molecule has 23 heavy (non-hydrogen) atoms. The van der Waals surface area contributed by atoms with E-state index < -0.39 is 23.3 Å². The van der Waals surface area contributed by atoms with Gasteiger partial charge >= 0.3 is 0 Å². The maximum absolute atomic E-state index is 13.3. The van der Waals surface area contributed by atoms with Gasteiger partial charge in [-0.05, 0) is 30.0 Å². The summed E-state index contributed by atoms with van der Waals surface area (Å²) >= 11 is 0. The van der Waals surface area contributed by atoms with Crippen LogP contribution in [0.5, 0.6) is 0 Å². The summed E-state index contributed by atoms with van der Waals surface area (Å²) in [4.78, 5) is 26.7. The molecule has 0 bridgehead atoms. The first-order valence-corrected chi connectivity index (χ1v) is 7.44. The van der Waals surface area contributed by atoms with Crippen molar-refractivity contribution in [2.45, 2.75) is 33.2 Å². The van der Waals surface area contributed by atoms with Crippen molar-refractivity contribution in [2.75, 3.05) is 6.61 Å². The van der Waals surface area contributed by atoms with Gasteiger partial charge in [0.05, 0.1) is 23.7 Å². The Kier molecular flexibility index (Phi) is 4.85. The fraction of sp³-hybridized carbons (Fsp3) is 0.412. The average Bonchev–Trinajstić information content (AvgIpc) is 2.43. The van der Waals surface area contributed by atoms with Crippen LogP contribution in [-0.4, -0.2) is 28.6 Å². The lowest BCUT2D eigenvalue weighted by molar-refractivity contribution is 0.0899. The maximum Gasteiger partial charge on any atom is 0.252 e. The Morgan fingerprint density at radius 3 is 2.65 bits per heavy atom. The molecule has 124 valence electrons. The number of carbonyl (C=O) groups excluding carboxylic acids is 1. The quantitative estimate of drug-likeness (QED) is 0.807. The summed E-state index contributed by atoms with van der Waals surface area (Å²) in [7, 11) is 0. The summed E-state index contributed by atoms with van der Waals surface area (Å²) in [6, 6.07) is 4.62. The van der Waals surface area contributed by atoms with E-state index in [0.29, 0.717) is 11.8 Å². The number of nitrogens with one attached hydrogen (secondary N) is 2. The Labute approximate surface area is 133 Å². The molecule has 5 nitrogen and oxygen atoms in total. The van der Waals surface area contributed by atoms with E-state index in [4.69, 9.17) is 0 Å². The van der Waals surface area contributed by atoms with Gasteiger partial charge in [0.15, 0.2) is 0 Å². The molecule has 0 aliphatic rings. The monoisotopic (exact) mass is 320 g/mol. The normalized spacial score (nSPS) is 13.1. The van der Waals surface area contributed by atoms with Crippen molar-refractivity contribution in [2.24, 2.45) is 5.41 Å². The molecule has 0 saturated carbocycles. The molecular formula is C17H21FN2O3. The highest BCUT2D eigenvalue weighted by Crippen LogP contribution is 2.21. The zero-order chi connectivity index (χ0) is 17.2. The Morgan fingerprint density at radius 2 is 2.04 bits per heavy atom. The minimum absolute atomic E-state index is 0.0694. The highest BCUT2D eigenvalue weighted by Gasteiger charge is 2.21. The number of aromatic amines is 1. The van der Waals surface area contributed by atoms with Crippen LogP contribution in [0.1, 0.15) is 37.6 Å². The van der Waals surface area contributed by atoms with Gasteiger partial charge in [0.25, 0.3) is 5.91 Å². The Morgan fingerprint density at radius 1 is 1.35 bits per heavy atom. The van der Waals surface area contributed by atoms with Gasteiger partial charge in [-0.3, -0.25) is 9.59 Å². The number of hydrogen-bond donors (Lipinski definition) is 3. The number of rotatable bonds is 4. The highest BCUT2D eigenvalue weighted by atomic mass is 19.1. The minimum Gasteiger partial charge on any atom is -0.394 e. The minimum atomic E-state index is -0.494. The standard InChI is InChI=1S/C17H21FN2O3/c1-17(2,3)8-11(9-21)19-16(23)13-7-15(22)20-14-6-10(18)4-5-12(13)14/h4-7,11,21H,8-9H2,1-3H3,(H,19,23)(H,20,22). The molecule has 1 amide bonds. The maximum atomic E-state index is 13.3. The zero-order valence-corrected chi connectivity index (χ0v) is 13.4. The largest absolute Gasteiger partial charge is 0.394 e. The van der Waals surface area contributed by atoms with E-state index >= 15 is 0 Å². The molecule has 0 aliphatic heterocycles. The first-order valence-electron chi connectivity index (χ1n) is 7.44.